The molecule has 0 bridgehead atoms. The van der Waals surface area contributed by atoms with Crippen LogP contribution in [-0.2, 0) is 9.59 Å². The standard InChI is InChI=1S/C22H42O4/c1-3-22(4-2,21(25)26)19-17-15-13-11-9-7-5-6-8-10-12-14-16-18-20(23)24/h3-19H2,1-2H3,(H,23,24)(H,25,26). The van der Waals surface area contributed by atoms with Crippen LogP contribution in [-0.4, -0.2) is 22.2 Å². The molecule has 0 fully saturated rings. The van der Waals surface area contributed by atoms with E-state index in [4.69, 9.17) is 5.11 Å². The van der Waals surface area contributed by atoms with Crippen LogP contribution in [0.4, 0.5) is 0 Å². The number of carboxylic acid groups (broad SMARTS) is 2. The lowest BCUT2D eigenvalue weighted by molar-refractivity contribution is -0.150. The van der Waals surface area contributed by atoms with Crippen LogP contribution >= 0.6 is 0 Å². The zero-order valence-electron chi connectivity index (χ0n) is 17.2. The highest BCUT2D eigenvalue weighted by molar-refractivity contribution is 5.74. The topological polar surface area (TPSA) is 74.6 Å². The van der Waals surface area contributed by atoms with E-state index in [9.17, 15) is 14.7 Å². The Labute approximate surface area is 160 Å². The number of carboxylic acids is 2. The number of rotatable bonds is 19. The van der Waals surface area contributed by atoms with Gasteiger partial charge >= 0.3 is 11.9 Å². The molecule has 0 amide bonds. The van der Waals surface area contributed by atoms with E-state index in [1.165, 1.54) is 57.8 Å². The highest BCUT2D eigenvalue weighted by Crippen LogP contribution is 2.33. The third-order valence-corrected chi connectivity index (χ3v) is 5.85. The minimum atomic E-state index is -0.679. The molecule has 0 saturated carbocycles. The fraction of sp³-hybridized carbons (Fsp3) is 0.909. The molecule has 0 aromatic heterocycles. The first-order chi connectivity index (χ1) is 12.5. The van der Waals surface area contributed by atoms with Crippen LogP contribution in [0.15, 0.2) is 0 Å². The summed E-state index contributed by atoms with van der Waals surface area (Å²) in [6.45, 7) is 3.99. The van der Waals surface area contributed by atoms with Gasteiger partial charge in [0.2, 0.25) is 0 Å². The summed E-state index contributed by atoms with van der Waals surface area (Å²) in [4.78, 5) is 21.8. The number of unbranched alkanes of at least 4 members (excludes halogenated alkanes) is 12. The van der Waals surface area contributed by atoms with E-state index in [1.54, 1.807) is 0 Å². The maximum absolute atomic E-state index is 11.5. The lowest BCUT2D eigenvalue weighted by Gasteiger charge is -2.26. The summed E-state index contributed by atoms with van der Waals surface area (Å²) < 4.78 is 0. The lowest BCUT2D eigenvalue weighted by atomic mass is 9.78. The molecule has 4 nitrogen and oxygen atoms in total. The first kappa shape index (κ1) is 24.9. The van der Waals surface area contributed by atoms with E-state index < -0.39 is 17.4 Å². The molecule has 0 heterocycles. The summed E-state index contributed by atoms with van der Waals surface area (Å²) in [7, 11) is 0. The molecular formula is C22H42O4. The largest absolute Gasteiger partial charge is 0.481 e. The quantitative estimate of drug-likeness (QED) is 0.245. The summed E-state index contributed by atoms with van der Waals surface area (Å²) in [5.74, 6) is -1.30. The first-order valence-corrected chi connectivity index (χ1v) is 10.9. The Morgan fingerprint density at radius 2 is 0.962 bits per heavy atom. The molecule has 0 aromatic rings. The van der Waals surface area contributed by atoms with Gasteiger partial charge in [-0.2, -0.15) is 0 Å². The van der Waals surface area contributed by atoms with Gasteiger partial charge < -0.3 is 10.2 Å². The molecule has 0 aliphatic heterocycles. The van der Waals surface area contributed by atoms with Crippen LogP contribution in [0, 0.1) is 5.41 Å². The smallest absolute Gasteiger partial charge is 0.309 e. The molecule has 0 radical (unpaired) electrons. The molecule has 0 aliphatic carbocycles. The zero-order valence-corrected chi connectivity index (χ0v) is 17.2. The first-order valence-electron chi connectivity index (χ1n) is 10.9. The Hall–Kier alpha value is -1.06. The molecular weight excluding hydrogens is 328 g/mol. The van der Waals surface area contributed by atoms with Crippen LogP contribution < -0.4 is 0 Å². The van der Waals surface area contributed by atoms with Crippen LogP contribution in [0.3, 0.4) is 0 Å². The van der Waals surface area contributed by atoms with Crippen LogP contribution in [0.25, 0.3) is 0 Å². The van der Waals surface area contributed by atoms with E-state index in [0.717, 1.165) is 44.9 Å². The van der Waals surface area contributed by atoms with Crippen LogP contribution in [0.1, 0.15) is 123 Å². The van der Waals surface area contributed by atoms with Gasteiger partial charge in [0.25, 0.3) is 0 Å². The van der Waals surface area contributed by atoms with Crippen molar-refractivity contribution in [1.82, 2.24) is 0 Å². The molecule has 0 unspecified atom stereocenters. The highest BCUT2D eigenvalue weighted by atomic mass is 16.4. The van der Waals surface area contributed by atoms with Gasteiger partial charge in [-0.1, -0.05) is 90.9 Å². The highest BCUT2D eigenvalue weighted by Gasteiger charge is 2.33. The number of hydrogen-bond donors (Lipinski definition) is 2. The average Bonchev–Trinajstić information content (AvgIpc) is 2.61. The predicted octanol–water partition coefficient (Wildman–Crippen LogP) is 6.81. The predicted molar refractivity (Wildman–Crippen MR) is 108 cm³/mol. The van der Waals surface area contributed by atoms with Gasteiger partial charge in [0.05, 0.1) is 5.41 Å². The van der Waals surface area contributed by atoms with Crippen molar-refractivity contribution in [3.8, 4) is 0 Å². The fourth-order valence-electron chi connectivity index (χ4n) is 3.70. The maximum Gasteiger partial charge on any atom is 0.309 e. The van der Waals surface area contributed by atoms with E-state index in [0.29, 0.717) is 6.42 Å². The van der Waals surface area contributed by atoms with Crippen molar-refractivity contribution >= 4 is 11.9 Å². The molecule has 0 aromatic carbocycles. The van der Waals surface area contributed by atoms with Gasteiger partial charge in [0.15, 0.2) is 0 Å². The second-order valence-corrected chi connectivity index (χ2v) is 7.78. The lowest BCUT2D eigenvalue weighted by Crippen LogP contribution is -2.29. The van der Waals surface area contributed by atoms with Crippen molar-refractivity contribution in [2.75, 3.05) is 0 Å². The van der Waals surface area contributed by atoms with Crippen LogP contribution in [0.2, 0.25) is 0 Å². The fourth-order valence-corrected chi connectivity index (χ4v) is 3.70. The molecule has 4 heteroatoms. The van der Waals surface area contributed by atoms with Crippen molar-refractivity contribution in [2.45, 2.75) is 123 Å². The Kier molecular flexibility index (Phi) is 15.5. The number of carbonyl (C=O) groups is 2. The van der Waals surface area contributed by atoms with E-state index in [-0.39, 0.29) is 0 Å². The van der Waals surface area contributed by atoms with Crippen molar-refractivity contribution in [1.29, 1.82) is 0 Å². The summed E-state index contributed by atoms with van der Waals surface area (Å²) in [5, 5.41) is 18.0. The second kappa shape index (κ2) is 16.1. The number of hydrogen-bond acceptors (Lipinski definition) is 2. The van der Waals surface area contributed by atoms with Gasteiger partial charge in [0, 0.05) is 6.42 Å². The van der Waals surface area contributed by atoms with Gasteiger partial charge in [0.1, 0.15) is 0 Å². The molecule has 154 valence electrons. The maximum atomic E-state index is 11.5. The second-order valence-electron chi connectivity index (χ2n) is 7.78. The summed E-state index contributed by atoms with van der Waals surface area (Å²) >= 11 is 0. The zero-order chi connectivity index (χ0) is 19.7. The van der Waals surface area contributed by atoms with Crippen molar-refractivity contribution in [2.24, 2.45) is 5.41 Å². The Bertz CT molecular complexity index is 361. The third kappa shape index (κ3) is 12.3. The molecule has 0 rings (SSSR count). The summed E-state index contributed by atoms with van der Waals surface area (Å²) in [6.07, 6.45) is 18.1. The molecule has 0 saturated heterocycles. The van der Waals surface area contributed by atoms with Crippen molar-refractivity contribution in [3.05, 3.63) is 0 Å². The SMILES string of the molecule is CCC(CC)(CCCCCCCCCCCCCCCC(=O)O)C(=O)O. The van der Waals surface area contributed by atoms with Crippen molar-refractivity contribution < 1.29 is 19.8 Å². The Balaban J connectivity index is 3.36. The van der Waals surface area contributed by atoms with Gasteiger partial charge in [-0.05, 0) is 25.7 Å². The molecule has 26 heavy (non-hydrogen) atoms. The Morgan fingerprint density at radius 1 is 0.615 bits per heavy atom. The third-order valence-electron chi connectivity index (χ3n) is 5.85. The molecule has 2 N–H and O–H groups in total. The normalized spacial score (nSPS) is 11.6. The number of aliphatic carboxylic acids is 2. The summed E-state index contributed by atoms with van der Waals surface area (Å²) in [5.41, 5.74) is -0.492. The van der Waals surface area contributed by atoms with Gasteiger partial charge in [-0.15, -0.1) is 0 Å². The van der Waals surface area contributed by atoms with E-state index >= 15 is 0 Å². The van der Waals surface area contributed by atoms with Gasteiger partial charge in [-0.25, -0.2) is 0 Å². The molecule has 0 atom stereocenters. The van der Waals surface area contributed by atoms with E-state index in [2.05, 4.69) is 0 Å². The van der Waals surface area contributed by atoms with Crippen LogP contribution in [0.5, 0.6) is 0 Å². The van der Waals surface area contributed by atoms with Crippen molar-refractivity contribution in [3.63, 3.8) is 0 Å². The summed E-state index contributed by atoms with van der Waals surface area (Å²) in [6, 6.07) is 0. The monoisotopic (exact) mass is 370 g/mol. The average molecular weight is 371 g/mol. The minimum absolute atomic E-state index is 0.314. The Morgan fingerprint density at radius 3 is 1.27 bits per heavy atom. The molecule has 0 aliphatic rings. The van der Waals surface area contributed by atoms with E-state index in [1.807, 2.05) is 13.8 Å². The van der Waals surface area contributed by atoms with Gasteiger partial charge in [-0.3, -0.25) is 9.59 Å². The molecule has 0 spiro atoms. The minimum Gasteiger partial charge on any atom is -0.481 e.